The van der Waals surface area contributed by atoms with Gasteiger partial charge in [-0.3, -0.25) is 19.7 Å². The Balaban J connectivity index is 1.30. The summed E-state index contributed by atoms with van der Waals surface area (Å²) < 4.78 is 11.9. The van der Waals surface area contributed by atoms with Gasteiger partial charge in [0.1, 0.15) is 18.1 Å². The summed E-state index contributed by atoms with van der Waals surface area (Å²) >= 11 is 0. The van der Waals surface area contributed by atoms with E-state index < -0.39 is 35.9 Å². The van der Waals surface area contributed by atoms with Crippen molar-refractivity contribution in [3.8, 4) is 0 Å². The molecular weight excluding hydrogens is 563 g/mol. The number of hydrogen-bond donors (Lipinski definition) is 2. The summed E-state index contributed by atoms with van der Waals surface area (Å²) in [5, 5.41) is 31.7. The number of nitro benzene ring substituents is 1. The molecule has 11 heteroatoms. The maximum Gasteiger partial charge on any atom is 0.455 e. The maximum atomic E-state index is 13.9. The molecule has 2 aromatic carbocycles. The third-order valence-electron chi connectivity index (χ3n) is 9.01. The molecule has 226 valence electrons. The number of non-ortho nitro benzene ring substituents is 1. The van der Waals surface area contributed by atoms with Gasteiger partial charge in [0.15, 0.2) is 0 Å². The molecule has 3 aliphatic rings. The highest BCUT2D eigenvalue weighted by Gasteiger charge is 2.57. The number of nitrogens with zero attached hydrogens (tertiary/aromatic N) is 2. The second-order valence-electron chi connectivity index (χ2n) is 11.5. The van der Waals surface area contributed by atoms with Gasteiger partial charge in [-0.2, -0.15) is 0 Å². The molecule has 0 unspecified atom stereocenters. The van der Waals surface area contributed by atoms with Crippen LogP contribution < -0.4 is 4.90 Å². The van der Waals surface area contributed by atoms with Crippen LogP contribution in [0.2, 0.25) is 6.32 Å². The standard InChI is InChI=1S/C33H33BN2O8/c1-2-20-16-27-31(33(39)35(32(27)38)23-9-6-10-24(17-23)36(41)42)28-18-34(40)44-29(30(20)28)14-11-22(21-7-4-3-5-8-21)15-25-12-13-26(19-37)43-25/h3-10,12-13,15,17,27-29,31,37,40H,2,11,14,16,18-19H2,1H3/b22-15-/t27-,28+,29-,31-/m1/s1. The number of hydrogen-bond acceptors (Lipinski definition) is 8. The number of benzene rings is 2. The summed E-state index contributed by atoms with van der Waals surface area (Å²) in [5.74, 6) is -1.35. The highest BCUT2D eigenvalue weighted by Crippen LogP contribution is 2.52. The number of aliphatic hydroxyl groups is 1. The Bertz CT molecular complexity index is 1650. The number of furan rings is 1. The topological polar surface area (TPSA) is 143 Å². The Hall–Kier alpha value is -4.32. The third-order valence-corrected chi connectivity index (χ3v) is 9.01. The summed E-state index contributed by atoms with van der Waals surface area (Å²) in [6.45, 7) is 1.83. The summed E-state index contributed by atoms with van der Waals surface area (Å²) in [5.41, 5.74) is 4.01. The molecule has 2 amide bonds. The second-order valence-corrected chi connectivity index (χ2v) is 11.5. The lowest BCUT2D eigenvalue weighted by Crippen LogP contribution is -2.46. The van der Waals surface area contributed by atoms with Gasteiger partial charge in [0.25, 0.3) is 5.69 Å². The minimum absolute atomic E-state index is 0.187. The number of amides is 2. The van der Waals surface area contributed by atoms with E-state index in [0.29, 0.717) is 37.2 Å². The number of rotatable bonds is 9. The monoisotopic (exact) mass is 596 g/mol. The maximum absolute atomic E-state index is 13.9. The summed E-state index contributed by atoms with van der Waals surface area (Å²) in [6, 6.07) is 19.0. The van der Waals surface area contributed by atoms with Crippen LogP contribution in [0.3, 0.4) is 0 Å². The van der Waals surface area contributed by atoms with Crippen molar-refractivity contribution in [3.05, 3.63) is 105 Å². The summed E-state index contributed by atoms with van der Waals surface area (Å²) in [4.78, 5) is 39.5. The predicted molar refractivity (Wildman–Crippen MR) is 164 cm³/mol. The van der Waals surface area contributed by atoms with Crippen LogP contribution in [0.1, 0.15) is 49.7 Å². The lowest BCUT2D eigenvalue weighted by molar-refractivity contribution is -0.384. The molecule has 3 aromatic rings. The van der Waals surface area contributed by atoms with Crippen LogP contribution in [0.15, 0.2) is 82.3 Å². The number of carbonyl (C=O) groups is 2. The van der Waals surface area contributed by atoms with Crippen LogP contribution in [-0.2, 0) is 20.9 Å². The van der Waals surface area contributed by atoms with Crippen molar-refractivity contribution in [2.24, 2.45) is 17.8 Å². The van der Waals surface area contributed by atoms with Crippen LogP contribution in [-0.4, -0.2) is 40.1 Å². The van der Waals surface area contributed by atoms with Gasteiger partial charge in [0.05, 0.1) is 28.6 Å². The van der Waals surface area contributed by atoms with Crippen LogP contribution in [0, 0.1) is 27.9 Å². The van der Waals surface area contributed by atoms with E-state index in [4.69, 9.17) is 9.07 Å². The normalized spacial score (nSPS) is 23.7. The smallest absolute Gasteiger partial charge is 0.455 e. The van der Waals surface area contributed by atoms with Crippen LogP contribution in [0.25, 0.3) is 11.6 Å². The third kappa shape index (κ3) is 5.54. The molecule has 6 rings (SSSR count). The second kappa shape index (κ2) is 12.4. The number of nitro groups is 1. The van der Waals surface area contributed by atoms with E-state index in [-0.39, 0.29) is 36.1 Å². The highest BCUT2D eigenvalue weighted by atomic mass is 16.6. The van der Waals surface area contributed by atoms with E-state index in [1.54, 1.807) is 12.1 Å². The zero-order chi connectivity index (χ0) is 31.0. The Labute approximate surface area is 254 Å². The fourth-order valence-electron chi connectivity index (χ4n) is 7.07. The minimum Gasteiger partial charge on any atom is -0.459 e. The first-order valence-electron chi connectivity index (χ1n) is 14.9. The quantitative estimate of drug-likeness (QED) is 0.110. The highest BCUT2D eigenvalue weighted by molar-refractivity contribution is 6.43. The molecule has 0 radical (unpaired) electrons. The van der Waals surface area contributed by atoms with Crippen molar-refractivity contribution in [1.29, 1.82) is 0 Å². The molecule has 2 fully saturated rings. The van der Waals surface area contributed by atoms with Gasteiger partial charge < -0.3 is 19.2 Å². The number of fused-ring (bicyclic) bond motifs is 3. The van der Waals surface area contributed by atoms with E-state index in [2.05, 4.69) is 0 Å². The molecule has 2 N–H and O–H groups in total. The molecule has 0 spiro atoms. The predicted octanol–water partition coefficient (Wildman–Crippen LogP) is 5.41. The van der Waals surface area contributed by atoms with Gasteiger partial charge in [-0.15, -0.1) is 0 Å². The fraction of sp³-hybridized carbons (Fsp3) is 0.333. The largest absolute Gasteiger partial charge is 0.459 e. The zero-order valence-electron chi connectivity index (χ0n) is 24.3. The molecule has 44 heavy (non-hydrogen) atoms. The van der Waals surface area contributed by atoms with Crippen molar-refractivity contribution >= 4 is 42.0 Å². The van der Waals surface area contributed by atoms with Gasteiger partial charge in [-0.25, -0.2) is 4.90 Å². The molecule has 2 aliphatic heterocycles. The van der Waals surface area contributed by atoms with Crippen LogP contribution in [0.4, 0.5) is 11.4 Å². The first kappa shape index (κ1) is 29.7. The molecule has 3 heterocycles. The number of anilines is 1. The average molecular weight is 596 g/mol. The van der Waals surface area contributed by atoms with Crippen LogP contribution in [0.5, 0.6) is 0 Å². The molecular formula is C33H33BN2O8. The summed E-state index contributed by atoms with van der Waals surface area (Å²) in [7, 11) is -1.11. The first-order valence-corrected chi connectivity index (χ1v) is 14.9. The van der Waals surface area contributed by atoms with E-state index in [1.165, 1.54) is 24.3 Å². The van der Waals surface area contributed by atoms with E-state index in [9.17, 15) is 29.8 Å². The van der Waals surface area contributed by atoms with Crippen molar-refractivity contribution in [2.45, 2.75) is 51.6 Å². The van der Waals surface area contributed by atoms with Gasteiger partial charge in [0, 0.05) is 12.1 Å². The number of imide groups is 1. The first-order chi connectivity index (χ1) is 21.3. The Morgan fingerprint density at radius 3 is 2.59 bits per heavy atom. The van der Waals surface area contributed by atoms with Crippen molar-refractivity contribution in [2.75, 3.05) is 4.90 Å². The van der Waals surface area contributed by atoms with Crippen LogP contribution >= 0.6 is 0 Å². The lowest BCUT2D eigenvalue weighted by Gasteiger charge is -2.43. The van der Waals surface area contributed by atoms with Gasteiger partial charge in [-0.05, 0) is 78.9 Å². The number of aliphatic hydroxyl groups excluding tert-OH is 1. The molecule has 1 aromatic heterocycles. The SMILES string of the molecule is CCC1=C2[C@@H](CC/C(=C/c3ccc(CO)o3)c3ccccc3)OB(O)C[C@@H]2[C@@H]2C(=O)N(c3cccc([N+](=O)[O-])c3)C(=O)[C@@H]2C1. The van der Waals surface area contributed by atoms with Gasteiger partial charge in [0.2, 0.25) is 11.8 Å². The number of allylic oxidation sites excluding steroid dienone is 2. The molecule has 4 atom stereocenters. The lowest BCUT2D eigenvalue weighted by atomic mass is 9.58. The van der Waals surface area contributed by atoms with E-state index in [1.807, 2.05) is 43.3 Å². The average Bonchev–Trinajstić information content (AvgIpc) is 3.59. The van der Waals surface area contributed by atoms with E-state index in [0.717, 1.165) is 27.2 Å². The summed E-state index contributed by atoms with van der Waals surface area (Å²) in [6.07, 6.45) is 3.83. The Morgan fingerprint density at radius 1 is 1.09 bits per heavy atom. The number of carbonyl (C=O) groups excluding carboxylic acids is 2. The minimum atomic E-state index is -1.11. The van der Waals surface area contributed by atoms with Crippen molar-refractivity contribution in [1.82, 2.24) is 0 Å². The van der Waals surface area contributed by atoms with Gasteiger partial charge in [-0.1, -0.05) is 48.9 Å². The molecule has 0 bridgehead atoms. The Morgan fingerprint density at radius 2 is 1.89 bits per heavy atom. The zero-order valence-corrected chi connectivity index (χ0v) is 24.3. The van der Waals surface area contributed by atoms with Gasteiger partial charge >= 0.3 is 7.12 Å². The molecule has 0 saturated carbocycles. The Kier molecular flexibility index (Phi) is 8.35. The van der Waals surface area contributed by atoms with Crippen molar-refractivity contribution in [3.63, 3.8) is 0 Å². The van der Waals surface area contributed by atoms with E-state index >= 15 is 0 Å². The molecule has 2 saturated heterocycles. The fourth-order valence-corrected chi connectivity index (χ4v) is 7.07. The van der Waals surface area contributed by atoms with Crippen molar-refractivity contribution < 1.29 is 33.7 Å². The molecule has 10 nitrogen and oxygen atoms in total. The molecule has 1 aliphatic carbocycles.